The minimum absolute atomic E-state index is 0.496. The van der Waals surface area contributed by atoms with E-state index in [0.29, 0.717) is 46.3 Å². The fourth-order valence-corrected chi connectivity index (χ4v) is 38.0. The summed E-state index contributed by atoms with van der Waals surface area (Å²) in [5.74, 6) is 0. The molecule has 0 heterocycles. The topological polar surface area (TPSA) is 0 Å². The first-order valence-corrected chi connectivity index (χ1v) is 56.4. The molecule has 0 N–H and O–H groups in total. The monoisotopic (exact) mass is 1450 g/mol. The molecule has 73 heavy (non-hydrogen) atoms. The average Bonchev–Trinajstić information content (AvgIpc) is 3.41. The maximum absolute atomic E-state index is 2.33. The Morgan fingerprint density at radius 2 is 0.397 bits per heavy atom. The van der Waals surface area contributed by atoms with Crippen LogP contribution in [0.2, 0.25) is 78.8 Å². The second-order valence-corrected chi connectivity index (χ2v) is 50.5. The molecule has 0 aromatic heterocycles. The van der Waals surface area contributed by atoms with E-state index in [1.54, 1.807) is 78.8 Å². The van der Waals surface area contributed by atoms with Crippen molar-refractivity contribution in [2.45, 2.75) is 375 Å². The van der Waals surface area contributed by atoms with E-state index in [9.17, 15) is 0 Å². The van der Waals surface area contributed by atoms with Gasteiger partial charge < -0.3 is 0 Å². The average molecular weight is 1440 g/mol. The summed E-state index contributed by atoms with van der Waals surface area (Å²) >= 11 is 1.92. The van der Waals surface area contributed by atoms with Gasteiger partial charge in [0.1, 0.15) is 0 Å². The van der Waals surface area contributed by atoms with Gasteiger partial charge in [-0.3, -0.25) is 0 Å². The van der Waals surface area contributed by atoms with Gasteiger partial charge in [0.15, 0.2) is 0 Å². The Hall–Kier alpha value is 3.02. The fraction of sp³-hybridized carbons (Fsp3) is 0.909. The molecule has 0 saturated carbocycles. The minimum atomic E-state index is -0.552. The molecule has 0 bridgehead atoms. The van der Waals surface area contributed by atoms with Crippen molar-refractivity contribution in [1.29, 1.82) is 0 Å². The van der Waals surface area contributed by atoms with Crippen molar-refractivity contribution in [3.63, 3.8) is 0 Å². The SMILES string of the molecule is CCC[CH2][Ge]([CH2]CCC)[CH2]CCC.CCC[CH2][Ge]([CH2]CCC)[CH2]CCC.CCC[CH2][Ge]([CH2]CCC)[CH2]CCC.CCC[CH2][Ge][CH2]CCC.CCC[CH2][Ge][CH2]CCC.CCC[CH2][Ge][CH2]CCC.[Ge][c]1ccccc1. The molecule has 0 atom stereocenters. The van der Waals surface area contributed by atoms with Gasteiger partial charge in [0, 0.05) is 0 Å². The van der Waals surface area contributed by atoms with E-state index >= 15 is 0 Å². The van der Waals surface area contributed by atoms with Crippen LogP contribution >= 0.6 is 0 Å². The van der Waals surface area contributed by atoms with Gasteiger partial charge in [-0.05, 0) is 0 Å². The molecule has 0 unspecified atom stereocenters. The molecule has 0 nitrogen and oxygen atoms in total. The van der Waals surface area contributed by atoms with Crippen molar-refractivity contribution in [3.05, 3.63) is 30.3 Å². The quantitative estimate of drug-likeness (QED) is 0.0451. The van der Waals surface area contributed by atoms with Gasteiger partial charge in [0.2, 0.25) is 0 Å². The molecule has 0 aliphatic carbocycles. The zero-order chi connectivity index (χ0) is 55.8. The molecular weight excluding hydrogens is 1300 g/mol. The van der Waals surface area contributed by atoms with Crippen LogP contribution < -0.4 is 4.40 Å². The third-order valence-corrected chi connectivity index (χ3v) is 42.6. The molecule has 12 radical (unpaired) electrons. The first-order chi connectivity index (χ1) is 35.7. The Bertz CT molecular complexity index is 785. The molecule has 0 aliphatic heterocycles. The van der Waals surface area contributed by atoms with E-state index in [1.807, 2.05) is 18.2 Å². The Labute approximate surface area is 510 Å². The van der Waals surface area contributed by atoms with Crippen molar-refractivity contribution >= 4 is 110 Å². The van der Waals surface area contributed by atoms with Gasteiger partial charge in [-0.25, -0.2) is 0 Å². The van der Waals surface area contributed by atoms with Crippen LogP contribution in [0.1, 0.15) is 296 Å². The van der Waals surface area contributed by atoms with E-state index in [4.69, 9.17) is 0 Å². The number of hydrogen-bond donors (Lipinski definition) is 0. The molecule has 0 aliphatic rings. The summed E-state index contributed by atoms with van der Waals surface area (Å²) in [6.45, 7) is 34.7. The summed E-state index contributed by atoms with van der Waals surface area (Å²) < 4.78 is 1.32. The summed E-state index contributed by atoms with van der Waals surface area (Å²) in [6, 6.07) is 10.3. The van der Waals surface area contributed by atoms with Crippen LogP contribution in [0.5, 0.6) is 0 Å². The Morgan fingerprint density at radius 3 is 0.507 bits per heavy atom. The van der Waals surface area contributed by atoms with Crippen molar-refractivity contribution in [1.82, 2.24) is 0 Å². The van der Waals surface area contributed by atoms with E-state index < -0.39 is 43.0 Å². The Balaban J connectivity index is -0.000000181. The van der Waals surface area contributed by atoms with Gasteiger partial charge >= 0.3 is 516 Å². The summed E-state index contributed by atoms with van der Waals surface area (Å²) in [5.41, 5.74) is 0. The molecule has 1 aromatic rings. The van der Waals surface area contributed by atoms with Crippen LogP contribution in [0, 0.1) is 0 Å². The van der Waals surface area contributed by atoms with Gasteiger partial charge in [-0.1, -0.05) is 0 Å². The summed E-state index contributed by atoms with van der Waals surface area (Å²) in [7, 11) is 0. The Morgan fingerprint density at radius 1 is 0.247 bits per heavy atom. The van der Waals surface area contributed by atoms with Crippen LogP contribution in [-0.2, 0) is 0 Å². The predicted molar refractivity (Wildman–Crippen MR) is 362 cm³/mol. The zero-order valence-electron chi connectivity index (χ0n) is 53.7. The molecule has 1 aromatic carbocycles. The van der Waals surface area contributed by atoms with Crippen molar-refractivity contribution in [2.24, 2.45) is 0 Å². The predicted octanol–water partition coefficient (Wildman–Crippen LogP) is 24.5. The van der Waals surface area contributed by atoms with Crippen LogP contribution in [-0.4, -0.2) is 106 Å². The van der Waals surface area contributed by atoms with E-state index in [2.05, 4.69) is 133 Å². The molecule has 0 spiro atoms. The van der Waals surface area contributed by atoms with Gasteiger partial charge in [0.05, 0.1) is 0 Å². The third kappa shape index (κ3) is 94.6. The standard InChI is InChI=1S/3C12H27Ge.3C8H18Ge.C6H5Ge/c3*1-4-7-10-13(11-8-5-2)12-9-6-3;3*1-3-5-7-9-8-6-4-2;7-6-4-2-1-3-5-6/h3*4-12H2,1-3H3;3*3-8H2,1-2H3;1-5H. The Kier molecular flexibility index (Phi) is 106. The maximum atomic E-state index is 2.33. The molecule has 0 saturated heterocycles. The summed E-state index contributed by atoms with van der Waals surface area (Å²) in [5, 5.41) is 24.3. The number of unbranched alkanes of at least 4 members (excludes halogenated alkanes) is 15. The second kappa shape index (κ2) is 88.8. The van der Waals surface area contributed by atoms with E-state index in [0.717, 1.165) is 0 Å². The number of hydrogen-bond acceptors (Lipinski definition) is 0. The number of rotatable bonds is 45. The van der Waals surface area contributed by atoms with Crippen molar-refractivity contribution in [3.8, 4) is 0 Å². The van der Waals surface area contributed by atoms with Crippen molar-refractivity contribution in [2.75, 3.05) is 0 Å². The van der Waals surface area contributed by atoms with Crippen LogP contribution in [0.4, 0.5) is 0 Å². The summed E-state index contributed by atoms with van der Waals surface area (Å²) in [4.78, 5) is 0. The van der Waals surface area contributed by atoms with Gasteiger partial charge in [-0.2, -0.15) is 0 Å². The molecule has 432 valence electrons. The molecule has 1 rings (SSSR count). The fourth-order valence-electron chi connectivity index (χ4n) is 7.59. The zero-order valence-corrected chi connectivity index (χ0v) is 68.4. The van der Waals surface area contributed by atoms with Crippen LogP contribution in [0.25, 0.3) is 0 Å². The molecular formula is C66H140Ge7. The van der Waals surface area contributed by atoms with Crippen LogP contribution in [0.15, 0.2) is 30.3 Å². The van der Waals surface area contributed by atoms with E-state index in [-0.39, 0.29) is 0 Å². The molecule has 0 fully saturated rings. The molecule has 0 amide bonds. The second-order valence-electron chi connectivity index (χ2n) is 20.9. The summed E-state index contributed by atoms with van der Waals surface area (Å²) in [6.07, 6.45) is 43.7. The van der Waals surface area contributed by atoms with Gasteiger partial charge in [0.25, 0.3) is 0 Å². The number of benzene rings is 1. The third-order valence-electron chi connectivity index (χ3n) is 13.0. The molecule has 7 heteroatoms. The van der Waals surface area contributed by atoms with E-state index in [1.165, 1.54) is 197 Å². The first-order valence-electron chi connectivity index (χ1n) is 33.1. The van der Waals surface area contributed by atoms with Crippen molar-refractivity contribution < 1.29 is 0 Å². The normalized spacial score (nSPS) is 10.5. The van der Waals surface area contributed by atoms with Gasteiger partial charge in [-0.15, -0.1) is 0 Å². The first kappa shape index (κ1) is 87.3. The van der Waals surface area contributed by atoms with Crippen LogP contribution in [0.3, 0.4) is 0 Å².